The van der Waals surface area contributed by atoms with Gasteiger partial charge in [-0.1, -0.05) is 19.1 Å². The van der Waals surface area contributed by atoms with Crippen molar-refractivity contribution in [3.63, 3.8) is 0 Å². The van der Waals surface area contributed by atoms with Crippen LogP contribution in [0.25, 0.3) is 38.7 Å². The fourth-order valence-corrected chi connectivity index (χ4v) is 6.93. The second kappa shape index (κ2) is 10.8. The molecule has 0 atom stereocenters. The third kappa shape index (κ3) is 5.22. The van der Waals surface area contributed by atoms with Gasteiger partial charge in [0.05, 0.1) is 17.1 Å². The summed E-state index contributed by atoms with van der Waals surface area (Å²) in [6.07, 6.45) is 5.13. The number of thiazole rings is 1. The molecule has 0 radical (unpaired) electrons. The summed E-state index contributed by atoms with van der Waals surface area (Å²) in [6.45, 7) is 12.9. The van der Waals surface area contributed by atoms with Crippen LogP contribution in [0.5, 0.6) is 0 Å². The molecule has 5 aromatic rings. The molecule has 6 rings (SSSR count). The zero-order chi connectivity index (χ0) is 28.9. The second-order valence-corrected chi connectivity index (χ2v) is 12.9. The first-order chi connectivity index (χ1) is 19.6. The van der Waals surface area contributed by atoms with Gasteiger partial charge < -0.3 is 0 Å². The lowest BCUT2D eigenvalue weighted by Crippen LogP contribution is -2.45. The third-order valence-electron chi connectivity index (χ3n) is 8.48. The number of aryl methyl sites for hydroxylation is 1. The van der Waals surface area contributed by atoms with Gasteiger partial charge in [-0.15, -0.1) is 11.3 Å². The molecule has 1 aliphatic heterocycles. The fraction of sp³-hybridized carbons (Fsp3) is 0.353. The summed E-state index contributed by atoms with van der Waals surface area (Å²) < 4.78 is 31.7. The van der Waals surface area contributed by atoms with Gasteiger partial charge in [-0.2, -0.15) is 0 Å². The molecule has 0 unspecified atom stereocenters. The summed E-state index contributed by atoms with van der Waals surface area (Å²) in [5.74, 6) is -0.0523. The minimum Gasteiger partial charge on any atom is -0.299 e. The lowest BCUT2D eigenvalue weighted by molar-refractivity contribution is 0.102. The average molecular weight is 571 g/mol. The van der Waals surface area contributed by atoms with Gasteiger partial charge >= 0.3 is 0 Å². The van der Waals surface area contributed by atoms with Crippen molar-refractivity contribution in [3.05, 3.63) is 88.6 Å². The average Bonchev–Trinajstić information content (AvgIpc) is 3.59. The standard InChI is InChI=1S/C34H36F2N4S/c1-6-28-32(40-19-24(9-14-30(40)37-28)22-15-17-39(18-16-22)34(3,4)5)27-13-12-26(21(2)31(27)36)33-38-29(20-41-33)23-7-10-25(35)11-8-23/h7-14,19-20,22H,6,15-18H2,1-5H3. The number of pyridine rings is 1. The molecule has 0 N–H and O–H groups in total. The van der Waals surface area contributed by atoms with E-state index in [1.165, 1.54) is 29.0 Å². The van der Waals surface area contributed by atoms with Crippen LogP contribution in [-0.4, -0.2) is 37.9 Å². The van der Waals surface area contributed by atoms with Crippen molar-refractivity contribution in [2.24, 2.45) is 0 Å². The van der Waals surface area contributed by atoms with Gasteiger partial charge in [-0.3, -0.25) is 9.30 Å². The highest BCUT2D eigenvalue weighted by Gasteiger charge is 2.28. The molecule has 3 aromatic heterocycles. The second-order valence-electron chi connectivity index (χ2n) is 12.0. The van der Waals surface area contributed by atoms with E-state index in [1.54, 1.807) is 12.1 Å². The highest BCUT2D eigenvalue weighted by molar-refractivity contribution is 7.13. The third-order valence-corrected chi connectivity index (χ3v) is 9.36. The molecule has 1 saturated heterocycles. The lowest BCUT2D eigenvalue weighted by atomic mass is 9.88. The number of hydrogen-bond donors (Lipinski definition) is 0. The first-order valence-electron chi connectivity index (χ1n) is 14.4. The Balaban J connectivity index is 1.35. The number of halogens is 2. The number of rotatable bonds is 5. The quantitative estimate of drug-likeness (QED) is 0.212. The number of benzene rings is 2. The van der Waals surface area contributed by atoms with E-state index in [0.29, 0.717) is 23.5 Å². The van der Waals surface area contributed by atoms with Crippen molar-refractivity contribution in [2.75, 3.05) is 13.1 Å². The normalized spacial score (nSPS) is 15.2. The maximum Gasteiger partial charge on any atom is 0.137 e. The zero-order valence-electron chi connectivity index (χ0n) is 24.3. The van der Waals surface area contributed by atoms with Crippen molar-refractivity contribution in [2.45, 2.75) is 65.3 Å². The van der Waals surface area contributed by atoms with Gasteiger partial charge in [-0.05, 0) is 113 Å². The molecule has 0 bridgehead atoms. The van der Waals surface area contributed by atoms with Crippen molar-refractivity contribution in [1.82, 2.24) is 19.3 Å². The van der Waals surface area contributed by atoms with Crippen molar-refractivity contribution in [1.29, 1.82) is 0 Å². The SMILES string of the molecule is CCc1nc2ccc(C3CCN(C(C)(C)C)CC3)cn2c1-c1ccc(-c2nc(-c3ccc(F)cc3)cs2)c(C)c1F. The number of nitrogens with zero attached hydrogens (tertiary/aromatic N) is 4. The summed E-state index contributed by atoms with van der Waals surface area (Å²) in [6, 6.07) is 14.4. The topological polar surface area (TPSA) is 33.4 Å². The Morgan fingerprint density at radius 3 is 2.32 bits per heavy atom. The molecule has 1 fully saturated rings. The minimum atomic E-state index is -0.283. The molecule has 0 spiro atoms. The first kappa shape index (κ1) is 27.7. The number of likely N-dealkylation sites (tertiary alicyclic amines) is 1. The summed E-state index contributed by atoms with van der Waals surface area (Å²) in [5, 5.41) is 2.67. The smallest absolute Gasteiger partial charge is 0.137 e. The van der Waals surface area contributed by atoms with E-state index in [0.717, 1.165) is 64.8 Å². The van der Waals surface area contributed by atoms with Gasteiger partial charge in [0.15, 0.2) is 0 Å². The molecule has 7 heteroatoms. The first-order valence-corrected chi connectivity index (χ1v) is 15.3. The van der Waals surface area contributed by atoms with Crippen LogP contribution in [-0.2, 0) is 6.42 Å². The van der Waals surface area contributed by atoms with E-state index in [9.17, 15) is 4.39 Å². The van der Waals surface area contributed by atoms with Gasteiger partial charge in [0.25, 0.3) is 0 Å². The number of piperidine rings is 1. The molecule has 1 aliphatic rings. The van der Waals surface area contributed by atoms with Crippen LogP contribution in [0.4, 0.5) is 8.78 Å². The van der Waals surface area contributed by atoms with Gasteiger partial charge in [0, 0.05) is 33.8 Å². The molecule has 41 heavy (non-hydrogen) atoms. The number of hydrogen-bond acceptors (Lipinski definition) is 4. The van der Waals surface area contributed by atoms with Crippen LogP contribution in [0.15, 0.2) is 60.1 Å². The van der Waals surface area contributed by atoms with Gasteiger partial charge in [-0.25, -0.2) is 18.7 Å². The molecular weight excluding hydrogens is 534 g/mol. The molecule has 2 aromatic carbocycles. The van der Waals surface area contributed by atoms with E-state index in [1.807, 2.05) is 24.4 Å². The predicted octanol–water partition coefficient (Wildman–Crippen LogP) is 8.92. The van der Waals surface area contributed by atoms with E-state index in [2.05, 4.69) is 55.3 Å². The lowest BCUT2D eigenvalue weighted by Gasteiger charge is -2.41. The monoisotopic (exact) mass is 570 g/mol. The number of aromatic nitrogens is 3. The fourth-order valence-electron chi connectivity index (χ4n) is 6.02. The Kier molecular flexibility index (Phi) is 7.28. The van der Waals surface area contributed by atoms with Crippen molar-refractivity contribution in [3.8, 4) is 33.1 Å². The van der Waals surface area contributed by atoms with Gasteiger partial charge in [0.1, 0.15) is 22.3 Å². The molecule has 4 heterocycles. The predicted molar refractivity (Wildman–Crippen MR) is 165 cm³/mol. The summed E-state index contributed by atoms with van der Waals surface area (Å²) in [7, 11) is 0. The Bertz CT molecular complexity index is 1700. The maximum atomic E-state index is 16.2. The summed E-state index contributed by atoms with van der Waals surface area (Å²) in [4.78, 5) is 12.2. The number of fused-ring (bicyclic) bond motifs is 1. The summed E-state index contributed by atoms with van der Waals surface area (Å²) in [5.41, 5.74) is 7.52. The van der Waals surface area contributed by atoms with Crippen LogP contribution in [0, 0.1) is 18.6 Å². The molecule has 4 nitrogen and oxygen atoms in total. The van der Waals surface area contributed by atoms with E-state index >= 15 is 4.39 Å². The minimum absolute atomic E-state index is 0.186. The van der Waals surface area contributed by atoms with Crippen LogP contribution in [0.3, 0.4) is 0 Å². The Labute approximate surface area is 244 Å². The largest absolute Gasteiger partial charge is 0.299 e. The van der Waals surface area contributed by atoms with E-state index < -0.39 is 0 Å². The van der Waals surface area contributed by atoms with Crippen molar-refractivity contribution < 1.29 is 8.78 Å². The molecule has 0 amide bonds. The molecular formula is C34H36F2N4S. The Hall–Kier alpha value is -3.42. The van der Waals surface area contributed by atoms with Crippen LogP contribution in [0.2, 0.25) is 0 Å². The van der Waals surface area contributed by atoms with E-state index in [-0.39, 0.29) is 17.2 Å². The Morgan fingerprint density at radius 1 is 0.927 bits per heavy atom. The summed E-state index contributed by atoms with van der Waals surface area (Å²) >= 11 is 1.46. The van der Waals surface area contributed by atoms with Crippen LogP contribution >= 0.6 is 11.3 Å². The highest BCUT2D eigenvalue weighted by Crippen LogP contribution is 2.38. The van der Waals surface area contributed by atoms with Crippen molar-refractivity contribution >= 4 is 17.0 Å². The molecule has 212 valence electrons. The Morgan fingerprint density at radius 2 is 1.63 bits per heavy atom. The van der Waals surface area contributed by atoms with Crippen LogP contribution < -0.4 is 0 Å². The zero-order valence-corrected chi connectivity index (χ0v) is 25.2. The maximum absolute atomic E-state index is 16.2. The molecule has 0 saturated carbocycles. The molecule has 0 aliphatic carbocycles. The number of imidazole rings is 1. The van der Waals surface area contributed by atoms with E-state index in [4.69, 9.17) is 9.97 Å². The highest BCUT2D eigenvalue weighted by atomic mass is 32.1. The van der Waals surface area contributed by atoms with Gasteiger partial charge in [0.2, 0.25) is 0 Å². The van der Waals surface area contributed by atoms with Crippen LogP contribution in [0.1, 0.15) is 63.3 Å².